The lowest BCUT2D eigenvalue weighted by Gasteiger charge is -2.07. The molecule has 6 heteroatoms. The van der Waals surface area contributed by atoms with Gasteiger partial charge in [-0.15, -0.1) is 0 Å². The Morgan fingerprint density at radius 1 is 1.50 bits per heavy atom. The molecule has 0 aliphatic rings. The Hall–Kier alpha value is -0.620. The first-order valence-corrected chi connectivity index (χ1v) is 6.25. The summed E-state index contributed by atoms with van der Waals surface area (Å²) >= 11 is 1.05. The first-order chi connectivity index (χ1) is 7.60. The minimum absolute atomic E-state index is 0.00112. The molecule has 0 bridgehead atoms. The summed E-state index contributed by atoms with van der Waals surface area (Å²) in [6.45, 7) is 1.56. The smallest absolute Gasteiger partial charge is 0.219 e. The molecule has 0 spiro atoms. The van der Waals surface area contributed by atoms with Crippen LogP contribution in [0.2, 0.25) is 0 Å². The number of nitrogens with one attached hydrogen (secondary N) is 1. The molecule has 0 rings (SSSR count). The van der Waals surface area contributed by atoms with Crippen molar-refractivity contribution in [1.82, 2.24) is 5.32 Å². The molecule has 16 heavy (non-hydrogen) atoms. The van der Waals surface area contributed by atoms with Crippen LogP contribution in [0, 0.1) is 0 Å². The molecule has 94 valence electrons. The van der Waals surface area contributed by atoms with Crippen molar-refractivity contribution >= 4 is 22.8 Å². The first-order valence-electron chi connectivity index (χ1n) is 5.26. The maximum Gasteiger partial charge on any atom is 0.219 e. The summed E-state index contributed by atoms with van der Waals surface area (Å²) in [4.78, 5) is 22.0. The van der Waals surface area contributed by atoms with Crippen LogP contribution in [0.4, 0.5) is 4.39 Å². The van der Waals surface area contributed by atoms with Gasteiger partial charge in [0.1, 0.15) is 0 Å². The molecule has 4 nitrogen and oxygen atoms in total. The lowest BCUT2D eigenvalue weighted by atomic mass is 10.2. The summed E-state index contributed by atoms with van der Waals surface area (Å²) in [5.41, 5.74) is 0. The highest BCUT2D eigenvalue weighted by Crippen LogP contribution is 2.09. The maximum atomic E-state index is 11.8. The Labute approximate surface area is 99.0 Å². The van der Waals surface area contributed by atoms with E-state index in [0.717, 1.165) is 11.8 Å². The predicted octanol–water partition coefficient (Wildman–Crippen LogP) is 0.883. The van der Waals surface area contributed by atoms with E-state index >= 15 is 0 Å². The van der Waals surface area contributed by atoms with Crippen molar-refractivity contribution in [2.45, 2.75) is 32.3 Å². The number of carbonyl (C=O) groups is 2. The predicted molar refractivity (Wildman–Crippen MR) is 62.0 cm³/mol. The normalized spacial score (nSPS) is 12.2. The number of amides is 1. The van der Waals surface area contributed by atoms with E-state index in [4.69, 9.17) is 5.11 Å². The molecule has 0 saturated carbocycles. The summed E-state index contributed by atoms with van der Waals surface area (Å²) < 4.78 is 11.8. The largest absolute Gasteiger partial charge is 0.393 e. The molecule has 0 aromatic rings. The average Bonchev–Trinajstić information content (AvgIpc) is 2.24. The van der Waals surface area contributed by atoms with E-state index in [2.05, 4.69) is 5.32 Å². The lowest BCUT2D eigenvalue weighted by Crippen LogP contribution is -2.25. The van der Waals surface area contributed by atoms with Gasteiger partial charge in [0.2, 0.25) is 5.91 Å². The molecule has 0 fully saturated rings. The van der Waals surface area contributed by atoms with Crippen LogP contribution in [0.1, 0.15) is 26.2 Å². The number of thioether (sulfide) groups is 1. The van der Waals surface area contributed by atoms with Gasteiger partial charge >= 0.3 is 0 Å². The third kappa shape index (κ3) is 8.67. The number of aliphatic hydroxyl groups is 1. The molecule has 2 N–H and O–H groups in total. The van der Waals surface area contributed by atoms with Gasteiger partial charge in [-0.1, -0.05) is 18.7 Å². The highest BCUT2D eigenvalue weighted by atomic mass is 32.2. The van der Waals surface area contributed by atoms with Gasteiger partial charge in [-0.25, -0.2) is 0 Å². The maximum absolute atomic E-state index is 11.8. The number of alkyl halides is 1. The van der Waals surface area contributed by atoms with E-state index < -0.39 is 12.8 Å². The van der Waals surface area contributed by atoms with Crippen molar-refractivity contribution in [2.75, 3.05) is 19.0 Å². The summed E-state index contributed by atoms with van der Waals surface area (Å²) in [5.74, 6) is 0.429. The number of rotatable bonds is 8. The average molecular weight is 251 g/mol. The van der Waals surface area contributed by atoms with Gasteiger partial charge in [-0.2, -0.15) is 0 Å². The van der Waals surface area contributed by atoms with E-state index in [1.54, 1.807) is 6.92 Å². The highest BCUT2D eigenvalue weighted by Gasteiger charge is 2.10. The summed E-state index contributed by atoms with van der Waals surface area (Å²) in [6, 6.07) is 0. The molecular weight excluding hydrogens is 233 g/mol. The van der Waals surface area contributed by atoms with Crippen LogP contribution in [-0.4, -0.2) is 41.2 Å². The molecular formula is C10H18FNO3S. The second-order valence-electron chi connectivity index (χ2n) is 3.26. The Kier molecular flexibility index (Phi) is 9.22. The standard InChI is InChI=1S/C10H18FNO3S/c1-2-9(14)12-5-6-16-10(15)7-8(13)3-4-11/h8,13H,2-7H2,1H3,(H,12,14). The number of halogens is 1. The molecule has 0 aromatic carbocycles. The van der Waals surface area contributed by atoms with E-state index in [1.807, 2.05) is 0 Å². The molecule has 1 amide bonds. The van der Waals surface area contributed by atoms with E-state index in [0.29, 0.717) is 18.7 Å². The van der Waals surface area contributed by atoms with E-state index in [1.165, 1.54) is 0 Å². The van der Waals surface area contributed by atoms with Crippen molar-refractivity contribution in [1.29, 1.82) is 0 Å². The second-order valence-corrected chi connectivity index (χ2v) is 4.41. The van der Waals surface area contributed by atoms with Gasteiger partial charge in [-0.3, -0.25) is 14.0 Å². The van der Waals surface area contributed by atoms with Crippen molar-refractivity contribution in [3.63, 3.8) is 0 Å². The zero-order valence-corrected chi connectivity index (χ0v) is 10.2. The lowest BCUT2D eigenvalue weighted by molar-refractivity contribution is -0.120. The summed E-state index contributed by atoms with van der Waals surface area (Å²) in [7, 11) is 0. The topological polar surface area (TPSA) is 66.4 Å². The fourth-order valence-corrected chi connectivity index (χ4v) is 1.70. The summed E-state index contributed by atoms with van der Waals surface area (Å²) in [5, 5.41) is 11.6. The van der Waals surface area contributed by atoms with Crippen molar-refractivity contribution in [3.05, 3.63) is 0 Å². The van der Waals surface area contributed by atoms with Crippen molar-refractivity contribution in [3.8, 4) is 0 Å². The third-order valence-corrected chi connectivity index (χ3v) is 2.75. The van der Waals surface area contributed by atoms with Gasteiger partial charge in [0.15, 0.2) is 5.12 Å². The van der Waals surface area contributed by atoms with Crippen LogP contribution < -0.4 is 5.32 Å². The quantitative estimate of drug-likeness (QED) is 0.629. The van der Waals surface area contributed by atoms with E-state index in [-0.39, 0.29) is 23.9 Å². The summed E-state index contributed by atoms with van der Waals surface area (Å²) in [6.07, 6.45) is -0.501. The molecule has 0 heterocycles. The zero-order valence-electron chi connectivity index (χ0n) is 9.37. The number of carbonyl (C=O) groups excluding carboxylic acids is 2. The fourth-order valence-electron chi connectivity index (χ4n) is 0.960. The molecule has 0 aliphatic carbocycles. The van der Waals surface area contributed by atoms with Crippen LogP contribution >= 0.6 is 11.8 Å². The zero-order chi connectivity index (χ0) is 12.4. The third-order valence-electron chi connectivity index (χ3n) is 1.85. The van der Waals surface area contributed by atoms with Gasteiger partial charge in [0, 0.05) is 31.6 Å². The Morgan fingerprint density at radius 3 is 2.75 bits per heavy atom. The number of aliphatic hydroxyl groups excluding tert-OH is 1. The molecule has 0 aliphatic heterocycles. The minimum Gasteiger partial charge on any atom is -0.393 e. The van der Waals surface area contributed by atoms with Crippen molar-refractivity contribution < 1.29 is 19.1 Å². The SMILES string of the molecule is CCC(=O)NCCSC(=O)CC(O)CCF. The Balaban J connectivity index is 3.47. The number of hydrogen-bond acceptors (Lipinski definition) is 4. The molecule has 1 unspecified atom stereocenters. The van der Waals surface area contributed by atoms with Gasteiger partial charge < -0.3 is 10.4 Å². The Bertz CT molecular complexity index is 226. The van der Waals surface area contributed by atoms with Gasteiger partial charge in [0.05, 0.1) is 12.8 Å². The van der Waals surface area contributed by atoms with E-state index in [9.17, 15) is 14.0 Å². The van der Waals surface area contributed by atoms with Crippen molar-refractivity contribution in [2.24, 2.45) is 0 Å². The van der Waals surface area contributed by atoms with Crippen LogP contribution in [0.5, 0.6) is 0 Å². The molecule has 0 aromatic heterocycles. The highest BCUT2D eigenvalue weighted by molar-refractivity contribution is 8.13. The second kappa shape index (κ2) is 9.59. The molecule has 0 radical (unpaired) electrons. The number of hydrogen-bond donors (Lipinski definition) is 2. The van der Waals surface area contributed by atoms with Crippen LogP contribution in [-0.2, 0) is 9.59 Å². The molecule has 1 atom stereocenters. The first kappa shape index (κ1) is 15.4. The van der Waals surface area contributed by atoms with Crippen LogP contribution in [0.25, 0.3) is 0 Å². The minimum atomic E-state index is -0.893. The Morgan fingerprint density at radius 2 is 2.19 bits per heavy atom. The monoisotopic (exact) mass is 251 g/mol. The van der Waals surface area contributed by atoms with Crippen LogP contribution in [0.15, 0.2) is 0 Å². The van der Waals surface area contributed by atoms with Gasteiger partial charge in [0.25, 0.3) is 0 Å². The molecule has 0 saturated heterocycles. The van der Waals surface area contributed by atoms with Crippen LogP contribution in [0.3, 0.4) is 0 Å². The van der Waals surface area contributed by atoms with Gasteiger partial charge in [-0.05, 0) is 0 Å². The fraction of sp³-hybridized carbons (Fsp3) is 0.800.